The van der Waals surface area contributed by atoms with E-state index in [2.05, 4.69) is 10.1 Å². The molecule has 1 heterocycles. The van der Waals surface area contributed by atoms with Crippen LogP contribution in [0.4, 0.5) is 13.2 Å². The van der Waals surface area contributed by atoms with Gasteiger partial charge in [0.25, 0.3) is 0 Å². The van der Waals surface area contributed by atoms with Crippen LogP contribution in [0.25, 0.3) is 22.0 Å². The molecule has 0 unspecified atom stereocenters. The van der Waals surface area contributed by atoms with Gasteiger partial charge in [-0.05, 0) is 30.5 Å². The Kier molecular flexibility index (Phi) is 5.90. The van der Waals surface area contributed by atoms with Crippen LogP contribution < -0.4 is 9.54 Å². The Bertz CT molecular complexity index is 1340. The summed E-state index contributed by atoms with van der Waals surface area (Å²) >= 11 is 1.31. The molecule has 0 aliphatic rings. The molecule has 31 heavy (non-hydrogen) atoms. The molecular weight excluding hydrogens is 423 g/mol. The van der Waals surface area contributed by atoms with Crippen LogP contribution in [0.3, 0.4) is 0 Å². The summed E-state index contributed by atoms with van der Waals surface area (Å²) in [6, 6.07) is 17.0. The van der Waals surface area contributed by atoms with E-state index in [1.54, 1.807) is 55.7 Å². The molecule has 3 aromatic carbocycles. The van der Waals surface area contributed by atoms with Gasteiger partial charge >= 0.3 is 6.61 Å². The maximum atomic E-state index is 14.4. The minimum Gasteiger partial charge on any atom is -0.433 e. The van der Waals surface area contributed by atoms with Crippen LogP contribution >= 0.6 is 11.3 Å². The van der Waals surface area contributed by atoms with Crippen LogP contribution in [-0.4, -0.2) is 24.0 Å². The Hall–Kier alpha value is -3.39. The molecule has 1 aromatic heterocycles. The molecule has 0 aliphatic carbocycles. The number of fused-ring (bicyclic) bond motifs is 1. The first-order valence-corrected chi connectivity index (χ1v) is 10.3. The van der Waals surface area contributed by atoms with E-state index in [0.29, 0.717) is 32.7 Å². The summed E-state index contributed by atoms with van der Waals surface area (Å²) in [6.07, 6.45) is 0. The second kappa shape index (κ2) is 8.77. The lowest BCUT2D eigenvalue weighted by Gasteiger charge is -2.14. The van der Waals surface area contributed by atoms with Gasteiger partial charge in [-0.25, -0.2) is 9.07 Å². The third-order valence-corrected chi connectivity index (χ3v) is 5.66. The highest BCUT2D eigenvalue weighted by atomic mass is 32.1. The van der Waals surface area contributed by atoms with Crippen molar-refractivity contribution in [3.63, 3.8) is 0 Å². The third kappa shape index (κ3) is 4.11. The summed E-state index contributed by atoms with van der Waals surface area (Å²) < 4.78 is 47.2. The van der Waals surface area contributed by atoms with Crippen LogP contribution in [-0.2, 0) is 0 Å². The van der Waals surface area contributed by atoms with Crippen molar-refractivity contribution in [3.05, 3.63) is 82.2 Å². The zero-order valence-corrected chi connectivity index (χ0v) is 17.5. The van der Waals surface area contributed by atoms with Crippen molar-refractivity contribution in [2.24, 2.45) is 10.1 Å². The summed E-state index contributed by atoms with van der Waals surface area (Å²) in [7, 11) is 1.61. The molecule has 0 atom stereocenters. The lowest BCUT2D eigenvalue weighted by atomic mass is 10.0. The Balaban J connectivity index is 1.91. The Morgan fingerprint density at radius 1 is 1.03 bits per heavy atom. The molecule has 0 spiro atoms. The van der Waals surface area contributed by atoms with E-state index in [4.69, 9.17) is 4.74 Å². The maximum absolute atomic E-state index is 14.4. The molecule has 4 nitrogen and oxygen atoms in total. The second-order valence-electron chi connectivity index (χ2n) is 6.65. The molecule has 0 fully saturated rings. The molecule has 4 rings (SSSR count). The Labute approximate surface area is 180 Å². The summed E-state index contributed by atoms with van der Waals surface area (Å²) in [4.78, 5) is 4.75. The molecule has 0 N–H and O–H groups in total. The minimum absolute atomic E-state index is 0.0487. The summed E-state index contributed by atoms with van der Waals surface area (Å²) in [5, 5.41) is 7.70. The van der Waals surface area contributed by atoms with Gasteiger partial charge in [-0.15, -0.1) is 11.3 Å². The van der Waals surface area contributed by atoms with E-state index >= 15 is 0 Å². The fourth-order valence-corrected chi connectivity index (χ4v) is 4.14. The van der Waals surface area contributed by atoms with Crippen molar-refractivity contribution in [1.82, 2.24) is 4.68 Å². The first kappa shape index (κ1) is 20.9. The van der Waals surface area contributed by atoms with Crippen molar-refractivity contribution in [3.8, 4) is 17.0 Å². The predicted octanol–water partition coefficient (Wildman–Crippen LogP) is 5.91. The number of ether oxygens (including phenoxy) is 1. The van der Waals surface area contributed by atoms with Crippen LogP contribution in [0.15, 0.2) is 76.1 Å². The van der Waals surface area contributed by atoms with Gasteiger partial charge in [-0.1, -0.05) is 42.5 Å². The van der Waals surface area contributed by atoms with Crippen LogP contribution in [0.2, 0.25) is 0 Å². The first-order chi connectivity index (χ1) is 15.0. The van der Waals surface area contributed by atoms with Gasteiger partial charge < -0.3 is 4.74 Å². The fourth-order valence-electron chi connectivity index (χ4n) is 3.35. The number of thiazole rings is 1. The number of rotatable bonds is 5. The SMILES string of the molecule is CN=c1scc(-c2ccccc2F)n1/N=C(\C)c1ccc2ccccc2c1OC(F)F. The zero-order valence-electron chi connectivity index (χ0n) is 16.7. The lowest BCUT2D eigenvalue weighted by molar-refractivity contribution is -0.0489. The number of nitrogens with zero attached hydrogens (tertiary/aromatic N) is 3. The topological polar surface area (TPSA) is 38.9 Å². The quantitative estimate of drug-likeness (QED) is 0.355. The molecule has 8 heteroatoms. The van der Waals surface area contributed by atoms with E-state index in [9.17, 15) is 13.2 Å². The van der Waals surface area contributed by atoms with Crippen molar-refractivity contribution in [2.75, 3.05) is 7.05 Å². The summed E-state index contributed by atoms with van der Waals surface area (Å²) in [6.45, 7) is -1.29. The average Bonchev–Trinajstić information content (AvgIpc) is 3.16. The lowest BCUT2D eigenvalue weighted by Crippen LogP contribution is -2.15. The smallest absolute Gasteiger partial charge is 0.387 e. The molecule has 0 aliphatic heterocycles. The average molecular weight is 441 g/mol. The van der Waals surface area contributed by atoms with E-state index in [-0.39, 0.29) is 5.75 Å². The highest BCUT2D eigenvalue weighted by Gasteiger charge is 2.17. The van der Waals surface area contributed by atoms with E-state index < -0.39 is 12.4 Å². The molecule has 158 valence electrons. The maximum Gasteiger partial charge on any atom is 0.387 e. The van der Waals surface area contributed by atoms with Gasteiger partial charge in [-0.3, -0.25) is 4.99 Å². The number of hydrogen-bond acceptors (Lipinski definition) is 4. The normalized spacial score (nSPS) is 12.7. The predicted molar refractivity (Wildman–Crippen MR) is 117 cm³/mol. The van der Waals surface area contributed by atoms with Crippen molar-refractivity contribution in [1.29, 1.82) is 0 Å². The summed E-state index contributed by atoms with van der Waals surface area (Å²) in [5.74, 6) is -0.343. The van der Waals surface area contributed by atoms with Crippen LogP contribution in [0.1, 0.15) is 12.5 Å². The molecule has 0 radical (unpaired) electrons. The monoisotopic (exact) mass is 441 g/mol. The molecule has 0 saturated carbocycles. The highest BCUT2D eigenvalue weighted by molar-refractivity contribution is 7.07. The van der Waals surface area contributed by atoms with Gasteiger partial charge in [0.05, 0.1) is 11.4 Å². The van der Waals surface area contributed by atoms with Gasteiger partial charge in [0.2, 0.25) is 4.80 Å². The molecule has 0 saturated heterocycles. The number of aromatic nitrogens is 1. The minimum atomic E-state index is -2.98. The Morgan fingerprint density at radius 3 is 2.52 bits per heavy atom. The Morgan fingerprint density at radius 2 is 1.77 bits per heavy atom. The molecule has 4 aromatic rings. The molecular formula is C23H18F3N3OS. The summed E-state index contributed by atoms with van der Waals surface area (Å²) in [5.41, 5.74) is 1.72. The van der Waals surface area contributed by atoms with E-state index in [0.717, 1.165) is 5.39 Å². The highest BCUT2D eigenvalue weighted by Crippen LogP contribution is 2.32. The van der Waals surface area contributed by atoms with Gasteiger partial charge in [0.15, 0.2) is 0 Å². The molecule has 0 amide bonds. The third-order valence-electron chi connectivity index (χ3n) is 4.75. The molecule has 0 bridgehead atoms. The van der Waals surface area contributed by atoms with Gasteiger partial charge in [0.1, 0.15) is 11.6 Å². The number of halogens is 3. The van der Waals surface area contributed by atoms with Gasteiger partial charge in [0, 0.05) is 28.9 Å². The van der Waals surface area contributed by atoms with Crippen molar-refractivity contribution < 1.29 is 17.9 Å². The number of alkyl halides is 2. The standard InChI is InChI=1S/C23H18F3N3OS/c1-14(16-12-11-15-7-3-4-8-17(15)21(16)30-22(25)26)28-29-20(13-31-23(29)27-2)18-9-5-6-10-19(18)24/h3-13,22H,1-2H3/b27-23?,28-14+. The zero-order chi connectivity index (χ0) is 22.0. The van der Waals surface area contributed by atoms with Crippen molar-refractivity contribution >= 4 is 27.8 Å². The van der Waals surface area contributed by atoms with E-state index in [1.165, 1.54) is 22.1 Å². The van der Waals surface area contributed by atoms with Crippen LogP contribution in [0.5, 0.6) is 5.75 Å². The largest absolute Gasteiger partial charge is 0.433 e. The van der Waals surface area contributed by atoms with E-state index in [1.807, 2.05) is 18.2 Å². The van der Waals surface area contributed by atoms with Crippen molar-refractivity contribution in [2.45, 2.75) is 13.5 Å². The van der Waals surface area contributed by atoms with Crippen LogP contribution in [0, 0.1) is 5.82 Å². The fraction of sp³-hybridized carbons (Fsp3) is 0.130. The number of hydrogen-bond donors (Lipinski definition) is 0. The second-order valence-corrected chi connectivity index (χ2v) is 7.48. The number of benzene rings is 3. The van der Waals surface area contributed by atoms with Gasteiger partial charge in [-0.2, -0.15) is 13.9 Å². The first-order valence-electron chi connectivity index (χ1n) is 9.40.